The van der Waals surface area contributed by atoms with Crippen LogP contribution in [0.5, 0.6) is 0 Å². The van der Waals surface area contributed by atoms with E-state index in [1.807, 2.05) is 38.6 Å². The van der Waals surface area contributed by atoms with E-state index in [1.165, 1.54) is 6.07 Å². The van der Waals surface area contributed by atoms with Crippen LogP contribution in [0.4, 0.5) is 5.69 Å². The summed E-state index contributed by atoms with van der Waals surface area (Å²) in [6, 6.07) is 3.16. The highest BCUT2D eigenvalue weighted by Gasteiger charge is 2.21. The minimum Gasteiger partial charge on any atom is -0.491 e. The summed E-state index contributed by atoms with van der Waals surface area (Å²) in [7, 11) is -3.84. The van der Waals surface area contributed by atoms with Crippen molar-refractivity contribution >= 4 is 26.6 Å². The molecule has 2 heterocycles. The highest BCUT2D eigenvalue weighted by atomic mass is 32.2. The first-order chi connectivity index (χ1) is 14.5. The quantitative estimate of drug-likeness (QED) is 0.657. The van der Waals surface area contributed by atoms with Crippen molar-refractivity contribution in [3.63, 3.8) is 0 Å². The molecule has 0 radical (unpaired) electrons. The summed E-state index contributed by atoms with van der Waals surface area (Å²) in [5.41, 5.74) is 0.448. The van der Waals surface area contributed by atoms with Crippen molar-refractivity contribution < 1.29 is 13.2 Å². The Morgan fingerprint density at radius 1 is 1.16 bits per heavy atom. The molecule has 1 aromatic carbocycles. The molecule has 0 amide bonds. The van der Waals surface area contributed by atoms with E-state index in [4.69, 9.17) is 4.74 Å². The average Bonchev–Trinajstić information content (AvgIpc) is 2.68. The van der Waals surface area contributed by atoms with Crippen molar-refractivity contribution in [2.75, 3.05) is 11.1 Å². The van der Waals surface area contributed by atoms with Gasteiger partial charge in [-0.1, -0.05) is 27.7 Å². The Kier molecular flexibility index (Phi) is 6.16. The van der Waals surface area contributed by atoms with Crippen LogP contribution >= 0.6 is 0 Å². The molecule has 166 valence electrons. The third-order valence-corrected chi connectivity index (χ3v) is 5.18. The molecule has 2 N–H and O–H groups in total. The molecule has 0 saturated heterocycles. The van der Waals surface area contributed by atoms with Crippen LogP contribution in [0.3, 0.4) is 0 Å². The van der Waals surface area contributed by atoms with Gasteiger partial charge in [0, 0.05) is 0 Å². The normalized spacial score (nSPS) is 16.9. The molecule has 1 aliphatic heterocycles. The molecule has 11 heteroatoms. The van der Waals surface area contributed by atoms with Gasteiger partial charge in [-0.05, 0) is 41.7 Å². The van der Waals surface area contributed by atoms with Crippen molar-refractivity contribution in [3.8, 4) is 0 Å². The van der Waals surface area contributed by atoms with E-state index in [9.17, 15) is 18.0 Å². The Morgan fingerprint density at radius 3 is 2.48 bits per heavy atom. The first kappa shape index (κ1) is 22.5. The monoisotopic (exact) mass is 447 g/mol. The number of aromatic amines is 1. The van der Waals surface area contributed by atoms with Gasteiger partial charge in [-0.15, -0.1) is 0 Å². The number of H-pyrrole nitrogens is 1. The molecule has 1 aromatic heterocycles. The molecule has 0 bridgehead atoms. The molecule has 10 nitrogen and oxygen atoms in total. The smallest absolute Gasteiger partial charge is 0.348 e. The van der Waals surface area contributed by atoms with Crippen molar-refractivity contribution in [2.24, 2.45) is 16.1 Å². The molecule has 1 atom stereocenters. The number of nitrogens with one attached hydrogen (secondary N) is 2. The van der Waals surface area contributed by atoms with Crippen molar-refractivity contribution in [1.82, 2.24) is 9.66 Å². The van der Waals surface area contributed by atoms with Gasteiger partial charge in [-0.25, -0.2) is 18.0 Å². The Balaban J connectivity index is 2.17. The van der Waals surface area contributed by atoms with Gasteiger partial charge >= 0.3 is 5.69 Å². The summed E-state index contributed by atoms with van der Waals surface area (Å²) >= 11 is 0. The fourth-order valence-corrected chi connectivity index (χ4v) is 3.70. The largest absolute Gasteiger partial charge is 0.491 e. The first-order valence-corrected chi connectivity index (χ1v) is 11.6. The lowest BCUT2D eigenvalue weighted by atomic mass is 9.99. The first-order valence-electron chi connectivity index (χ1n) is 9.72. The van der Waals surface area contributed by atoms with Crippen LogP contribution in [0, 0.1) is 5.92 Å². The minimum absolute atomic E-state index is 0.0239. The number of allylic oxidation sites excluding steroid dienone is 2. The lowest BCUT2D eigenvalue weighted by Crippen LogP contribution is -2.43. The number of rotatable bonds is 6. The highest BCUT2D eigenvalue weighted by Crippen LogP contribution is 2.31. The second-order valence-electron chi connectivity index (χ2n) is 7.97. The maximum atomic E-state index is 12.8. The third-order valence-electron chi connectivity index (χ3n) is 4.67. The standard InChI is InChI=1S/C20H25N5O5S/c1-11(2)13-9-16-14(19(26)25(20(27)21-16)24-31(5,28)29)10-17(13)23-22-15-7-6-8-30-18(15)12(3)4/h6-12,18,24H,1-5H3,(H,21,27). The predicted molar refractivity (Wildman–Crippen MR) is 119 cm³/mol. The molecule has 3 rings (SSSR count). The van der Waals surface area contributed by atoms with Gasteiger partial charge in [0.2, 0.25) is 10.0 Å². The van der Waals surface area contributed by atoms with Crippen LogP contribution in [-0.4, -0.2) is 30.4 Å². The Morgan fingerprint density at radius 2 is 1.87 bits per heavy atom. The van der Waals surface area contributed by atoms with Crippen molar-refractivity contribution in [1.29, 1.82) is 0 Å². The molecule has 1 aliphatic rings. The van der Waals surface area contributed by atoms with Crippen LogP contribution in [0.1, 0.15) is 39.2 Å². The van der Waals surface area contributed by atoms with Crippen LogP contribution in [0.25, 0.3) is 10.9 Å². The van der Waals surface area contributed by atoms with E-state index in [-0.39, 0.29) is 28.8 Å². The molecular formula is C20H25N5O5S. The highest BCUT2D eigenvalue weighted by molar-refractivity contribution is 7.91. The van der Waals surface area contributed by atoms with Gasteiger partial charge in [0.1, 0.15) is 11.8 Å². The average molecular weight is 448 g/mol. The number of nitrogens with zero attached hydrogens (tertiary/aromatic N) is 3. The lowest BCUT2D eigenvalue weighted by Gasteiger charge is -2.22. The number of sulfonamides is 1. The number of benzene rings is 1. The second-order valence-corrected chi connectivity index (χ2v) is 9.69. The molecule has 0 aliphatic carbocycles. The SMILES string of the molecule is CC(C)c1cc2[nH]c(=O)n(NS(C)(=O)=O)c(=O)c2cc1N=NC1=CC=COC1C(C)C. The topological polar surface area (TPSA) is 135 Å². The molecule has 2 aromatic rings. The number of hydrogen-bond acceptors (Lipinski definition) is 7. The second kappa shape index (κ2) is 8.50. The van der Waals surface area contributed by atoms with Gasteiger partial charge in [-0.3, -0.25) is 4.79 Å². The van der Waals surface area contributed by atoms with Gasteiger partial charge in [0.25, 0.3) is 5.56 Å². The number of azo groups is 1. The van der Waals surface area contributed by atoms with Crippen molar-refractivity contribution in [3.05, 3.63) is 62.6 Å². The summed E-state index contributed by atoms with van der Waals surface area (Å²) in [5.74, 6) is 0.200. The molecule has 31 heavy (non-hydrogen) atoms. The summed E-state index contributed by atoms with van der Waals surface area (Å²) in [5, 5.41) is 8.82. The van der Waals surface area contributed by atoms with Gasteiger partial charge in [-0.2, -0.15) is 14.9 Å². The van der Waals surface area contributed by atoms with E-state index in [0.717, 1.165) is 11.8 Å². The molecule has 1 unspecified atom stereocenters. The molecule has 0 fully saturated rings. The zero-order valence-corrected chi connectivity index (χ0v) is 18.7. The zero-order chi connectivity index (χ0) is 22.9. The van der Waals surface area contributed by atoms with E-state index in [2.05, 4.69) is 15.2 Å². The zero-order valence-electron chi connectivity index (χ0n) is 17.9. The number of fused-ring (bicyclic) bond motifs is 1. The van der Waals surface area contributed by atoms with E-state index in [1.54, 1.807) is 18.4 Å². The van der Waals surface area contributed by atoms with Crippen LogP contribution in [0.2, 0.25) is 0 Å². The van der Waals surface area contributed by atoms with Crippen LogP contribution in [-0.2, 0) is 14.8 Å². The molecule has 0 spiro atoms. The summed E-state index contributed by atoms with van der Waals surface area (Å²) in [6.07, 6.45) is 5.76. The van der Waals surface area contributed by atoms with E-state index >= 15 is 0 Å². The van der Waals surface area contributed by atoms with Crippen LogP contribution in [0.15, 0.2) is 56.1 Å². The van der Waals surface area contributed by atoms with Gasteiger partial charge < -0.3 is 9.72 Å². The van der Waals surface area contributed by atoms with Crippen LogP contribution < -0.4 is 16.1 Å². The number of aromatic nitrogens is 2. The maximum absolute atomic E-state index is 12.8. The van der Waals surface area contributed by atoms with Gasteiger partial charge in [0.05, 0.1) is 29.1 Å². The number of ether oxygens (including phenoxy) is 1. The van der Waals surface area contributed by atoms with E-state index in [0.29, 0.717) is 16.1 Å². The Hall–Kier alpha value is -3.21. The third kappa shape index (κ3) is 4.93. The summed E-state index contributed by atoms with van der Waals surface area (Å²) in [6.45, 7) is 7.92. The van der Waals surface area contributed by atoms with Crippen molar-refractivity contribution in [2.45, 2.75) is 39.7 Å². The number of hydrogen-bond donors (Lipinski definition) is 2. The maximum Gasteiger partial charge on any atom is 0.348 e. The van der Waals surface area contributed by atoms with Gasteiger partial charge in [0.15, 0.2) is 0 Å². The van der Waals surface area contributed by atoms with E-state index < -0.39 is 21.3 Å². The fourth-order valence-electron chi connectivity index (χ4n) is 3.20. The lowest BCUT2D eigenvalue weighted by molar-refractivity contribution is 0.127. The predicted octanol–water partition coefficient (Wildman–Crippen LogP) is 2.85. The Labute approximate surface area is 179 Å². The summed E-state index contributed by atoms with van der Waals surface area (Å²) in [4.78, 5) is 29.5. The minimum atomic E-state index is -3.84. The Bertz CT molecular complexity index is 1320. The fraction of sp³-hybridized carbons (Fsp3) is 0.400. The summed E-state index contributed by atoms with van der Waals surface area (Å²) < 4.78 is 29.1. The molecular weight excluding hydrogens is 422 g/mol. The molecule has 0 saturated carbocycles.